The molecule has 6 nitrogen and oxygen atoms in total. The summed E-state index contributed by atoms with van der Waals surface area (Å²) in [6, 6.07) is 3.79. The van der Waals surface area contributed by atoms with E-state index in [9.17, 15) is 13.6 Å². The van der Waals surface area contributed by atoms with E-state index in [-0.39, 0.29) is 24.4 Å². The predicted molar refractivity (Wildman–Crippen MR) is 99.6 cm³/mol. The van der Waals surface area contributed by atoms with Crippen LogP contribution in [0.25, 0.3) is 0 Å². The number of H-pyrrole nitrogens is 1. The second-order valence-corrected chi connectivity index (χ2v) is 8.45. The molecular formula is C20H23F2N5O. The van der Waals surface area contributed by atoms with Crippen molar-refractivity contribution in [3.63, 3.8) is 0 Å². The van der Waals surface area contributed by atoms with Gasteiger partial charge in [-0.25, -0.2) is 8.78 Å². The van der Waals surface area contributed by atoms with Crippen molar-refractivity contribution in [3.8, 4) is 0 Å². The molecule has 5 rings (SSSR count). The van der Waals surface area contributed by atoms with Crippen LogP contribution in [-0.2, 0) is 12.8 Å². The quantitative estimate of drug-likeness (QED) is 0.756. The Morgan fingerprint density at radius 1 is 1.29 bits per heavy atom. The summed E-state index contributed by atoms with van der Waals surface area (Å²) in [6.07, 6.45) is 4.18. The maximum atomic E-state index is 14.1. The second-order valence-electron chi connectivity index (χ2n) is 8.45. The molecule has 2 aromatic rings. The average Bonchev–Trinajstić information content (AvgIpc) is 2.97. The molecule has 148 valence electrons. The van der Waals surface area contributed by atoms with Crippen LogP contribution < -0.4 is 10.6 Å². The molecule has 3 N–H and O–H groups in total. The third-order valence-corrected chi connectivity index (χ3v) is 6.81. The fourth-order valence-electron chi connectivity index (χ4n) is 4.82. The van der Waals surface area contributed by atoms with E-state index in [0.717, 1.165) is 31.6 Å². The summed E-state index contributed by atoms with van der Waals surface area (Å²) in [5, 5.41) is 13.0. The molecule has 2 aromatic heterocycles. The van der Waals surface area contributed by atoms with Crippen molar-refractivity contribution in [2.24, 2.45) is 11.3 Å². The fourth-order valence-corrected chi connectivity index (χ4v) is 4.82. The van der Waals surface area contributed by atoms with Crippen molar-refractivity contribution >= 4 is 11.6 Å². The van der Waals surface area contributed by atoms with Crippen LogP contribution in [0.3, 0.4) is 0 Å². The van der Waals surface area contributed by atoms with Crippen LogP contribution in [0.1, 0.15) is 53.1 Å². The Balaban J connectivity index is 1.30. The van der Waals surface area contributed by atoms with Gasteiger partial charge in [0.2, 0.25) is 0 Å². The summed E-state index contributed by atoms with van der Waals surface area (Å²) in [4.78, 5) is 17.2. The third-order valence-electron chi connectivity index (χ3n) is 6.81. The number of hydrogen-bond donors (Lipinski definition) is 3. The molecule has 0 bridgehead atoms. The van der Waals surface area contributed by atoms with Gasteiger partial charge in [-0.3, -0.25) is 14.9 Å². The number of halogens is 2. The van der Waals surface area contributed by atoms with Gasteiger partial charge in [0, 0.05) is 40.6 Å². The first kappa shape index (κ1) is 17.7. The highest BCUT2D eigenvalue weighted by atomic mass is 19.3. The van der Waals surface area contributed by atoms with Crippen LogP contribution in [0.15, 0.2) is 18.3 Å². The summed E-state index contributed by atoms with van der Waals surface area (Å²) >= 11 is 0. The van der Waals surface area contributed by atoms with Gasteiger partial charge in [-0.2, -0.15) is 5.10 Å². The van der Waals surface area contributed by atoms with Crippen molar-refractivity contribution in [2.45, 2.75) is 44.4 Å². The van der Waals surface area contributed by atoms with E-state index in [0.29, 0.717) is 22.9 Å². The normalized spacial score (nSPS) is 28.3. The van der Waals surface area contributed by atoms with Crippen molar-refractivity contribution < 1.29 is 13.6 Å². The smallest absolute Gasteiger partial charge is 0.276 e. The molecule has 0 radical (unpaired) electrons. The third kappa shape index (κ3) is 2.57. The molecule has 2 fully saturated rings. The van der Waals surface area contributed by atoms with Crippen LogP contribution >= 0.6 is 0 Å². The number of nitrogens with one attached hydrogen (secondary N) is 3. The maximum Gasteiger partial charge on any atom is 0.276 e. The molecule has 1 aliphatic heterocycles. The Kier molecular flexibility index (Phi) is 3.84. The molecule has 8 heteroatoms. The summed E-state index contributed by atoms with van der Waals surface area (Å²) in [6.45, 7) is 3.60. The van der Waals surface area contributed by atoms with Crippen LogP contribution in [0, 0.1) is 11.3 Å². The minimum absolute atomic E-state index is 0.186. The van der Waals surface area contributed by atoms with Gasteiger partial charge in [0.15, 0.2) is 5.69 Å². The number of carbonyl (C=O) groups excluding carboxylic acids is 1. The highest BCUT2D eigenvalue weighted by molar-refractivity contribution is 6.04. The van der Waals surface area contributed by atoms with Gasteiger partial charge in [-0.05, 0) is 44.5 Å². The van der Waals surface area contributed by atoms with E-state index in [1.807, 2.05) is 12.1 Å². The largest absolute Gasteiger partial charge is 0.319 e. The number of pyridine rings is 1. The lowest BCUT2D eigenvalue weighted by Gasteiger charge is -2.22. The molecule has 1 amide bonds. The Labute approximate surface area is 161 Å². The number of nitrogens with zero attached hydrogens (tertiary/aromatic N) is 2. The number of rotatable bonds is 3. The van der Waals surface area contributed by atoms with E-state index in [4.69, 9.17) is 0 Å². The molecular weight excluding hydrogens is 364 g/mol. The molecule has 2 aliphatic carbocycles. The number of alkyl halides is 2. The van der Waals surface area contributed by atoms with Gasteiger partial charge in [0.1, 0.15) is 0 Å². The van der Waals surface area contributed by atoms with Gasteiger partial charge < -0.3 is 10.6 Å². The highest BCUT2D eigenvalue weighted by Gasteiger charge is 2.78. The summed E-state index contributed by atoms with van der Waals surface area (Å²) in [7, 11) is 0. The molecule has 1 saturated carbocycles. The fraction of sp³-hybridized carbons (Fsp3) is 0.550. The lowest BCUT2D eigenvalue weighted by molar-refractivity contribution is 0.0631. The van der Waals surface area contributed by atoms with Crippen molar-refractivity contribution in [1.82, 2.24) is 20.5 Å². The van der Waals surface area contributed by atoms with Crippen LogP contribution in [0.2, 0.25) is 0 Å². The molecule has 2 atom stereocenters. The van der Waals surface area contributed by atoms with E-state index in [2.05, 4.69) is 25.8 Å². The number of amides is 1. The average molecular weight is 387 g/mol. The molecule has 3 aliphatic rings. The molecule has 28 heavy (non-hydrogen) atoms. The SMILES string of the molecule is C[C@@]12Cc3[nH]nc(C(=O)Nc4ccc(C5CCNCC5)nc4)c3C[C@@H]1C2(F)F. The Hall–Kier alpha value is -2.35. The summed E-state index contributed by atoms with van der Waals surface area (Å²) in [5.41, 5.74) is 2.09. The van der Waals surface area contributed by atoms with E-state index >= 15 is 0 Å². The lowest BCUT2D eigenvalue weighted by atomic mass is 9.87. The van der Waals surface area contributed by atoms with E-state index in [1.54, 1.807) is 13.1 Å². The Morgan fingerprint density at radius 2 is 2.07 bits per heavy atom. The monoisotopic (exact) mass is 387 g/mol. The van der Waals surface area contributed by atoms with Crippen LogP contribution in [-0.4, -0.2) is 40.1 Å². The number of anilines is 1. The number of aromatic nitrogens is 3. The molecule has 3 heterocycles. The highest BCUT2D eigenvalue weighted by Crippen LogP contribution is 2.70. The maximum absolute atomic E-state index is 14.1. The predicted octanol–water partition coefficient (Wildman–Crippen LogP) is 2.89. The molecule has 0 unspecified atom stereocenters. The summed E-state index contributed by atoms with van der Waals surface area (Å²) < 4.78 is 28.1. The zero-order valence-corrected chi connectivity index (χ0v) is 15.7. The van der Waals surface area contributed by atoms with Crippen molar-refractivity contribution in [3.05, 3.63) is 41.0 Å². The zero-order chi connectivity index (χ0) is 19.5. The number of carbonyl (C=O) groups is 1. The first-order valence-corrected chi connectivity index (χ1v) is 9.82. The lowest BCUT2D eigenvalue weighted by Crippen LogP contribution is -2.27. The first-order chi connectivity index (χ1) is 13.4. The topological polar surface area (TPSA) is 82.7 Å². The number of piperidine rings is 1. The summed E-state index contributed by atoms with van der Waals surface area (Å²) in [5.74, 6) is -3.32. The number of aromatic amines is 1. The van der Waals surface area contributed by atoms with Crippen molar-refractivity contribution in [2.75, 3.05) is 18.4 Å². The molecule has 0 aromatic carbocycles. The van der Waals surface area contributed by atoms with E-state index in [1.165, 1.54) is 0 Å². The second kappa shape index (κ2) is 6.07. The van der Waals surface area contributed by atoms with Gasteiger partial charge in [0.25, 0.3) is 11.8 Å². The van der Waals surface area contributed by atoms with Gasteiger partial charge >= 0.3 is 0 Å². The minimum Gasteiger partial charge on any atom is -0.319 e. The molecule has 0 spiro atoms. The number of hydrogen-bond acceptors (Lipinski definition) is 4. The van der Waals surface area contributed by atoms with Gasteiger partial charge in [0.05, 0.1) is 11.9 Å². The number of fused-ring (bicyclic) bond motifs is 2. The Bertz CT molecular complexity index is 919. The van der Waals surface area contributed by atoms with Gasteiger partial charge in [-0.15, -0.1) is 0 Å². The van der Waals surface area contributed by atoms with Crippen LogP contribution in [0.4, 0.5) is 14.5 Å². The minimum atomic E-state index is -2.67. The van der Waals surface area contributed by atoms with Crippen molar-refractivity contribution in [1.29, 1.82) is 0 Å². The Morgan fingerprint density at radius 3 is 2.79 bits per heavy atom. The zero-order valence-electron chi connectivity index (χ0n) is 15.7. The first-order valence-electron chi connectivity index (χ1n) is 9.82. The standard InChI is InChI=1S/C20H23F2N5O/c1-19-9-15-13(8-16(19)20(19,21)22)17(27-26-15)18(28)25-12-2-3-14(24-10-12)11-4-6-23-7-5-11/h2-3,10-11,16,23H,4-9H2,1H3,(H,25,28)(H,26,27)/t16-,19+/m0/s1. The van der Waals surface area contributed by atoms with Crippen LogP contribution in [0.5, 0.6) is 0 Å². The van der Waals surface area contributed by atoms with E-state index < -0.39 is 17.3 Å². The molecule has 1 saturated heterocycles. The van der Waals surface area contributed by atoms with Gasteiger partial charge in [-0.1, -0.05) is 6.92 Å².